The molecule has 3 N–H and O–H groups in total. The first-order chi connectivity index (χ1) is 16.6. The summed E-state index contributed by atoms with van der Waals surface area (Å²) in [4.78, 5) is 15.4. The van der Waals surface area contributed by atoms with Crippen molar-refractivity contribution in [1.29, 1.82) is 0 Å². The second-order valence-electron chi connectivity index (χ2n) is 7.82. The van der Waals surface area contributed by atoms with Crippen LogP contribution < -0.4 is 10.6 Å². The number of anilines is 3. The predicted octanol–water partition coefficient (Wildman–Crippen LogP) is 6.55. The Morgan fingerprint density at radius 3 is 2.53 bits per heavy atom. The predicted molar refractivity (Wildman–Crippen MR) is 138 cm³/mol. The minimum absolute atomic E-state index is 0.249. The fourth-order valence-corrected chi connectivity index (χ4v) is 4.41. The van der Waals surface area contributed by atoms with Crippen LogP contribution in [-0.2, 0) is 6.54 Å². The molecule has 0 aliphatic heterocycles. The van der Waals surface area contributed by atoms with Gasteiger partial charge in [-0.05, 0) is 67.1 Å². The Morgan fingerprint density at radius 2 is 1.71 bits per heavy atom. The van der Waals surface area contributed by atoms with Gasteiger partial charge in [-0.3, -0.25) is 0 Å². The molecule has 0 atom stereocenters. The number of phenolic OH excluding ortho intramolecular Hbond substituents is 1. The molecule has 0 aliphatic carbocycles. The van der Waals surface area contributed by atoms with Crippen LogP contribution in [0.5, 0.6) is 5.75 Å². The number of aromatic nitrogens is 3. The maximum atomic E-state index is 9.63. The number of pyridine rings is 1. The van der Waals surface area contributed by atoms with Gasteiger partial charge in [0.25, 0.3) is 0 Å². The van der Waals surface area contributed by atoms with Gasteiger partial charge in [0.2, 0.25) is 0 Å². The molecule has 2 aromatic heterocycles. The SMILES string of the molecule is Cc1ccc2c(Nc3cc(NCc4ccccc4)ccc3Sc3ccc(O)cc3)ncnc2n1. The topological polar surface area (TPSA) is 83.0 Å². The number of rotatable bonds is 7. The van der Waals surface area contributed by atoms with Crippen LogP contribution in [0.1, 0.15) is 11.3 Å². The molecule has 0 saturated heterocycles. The van der Waals surface area contributed by atoms with E-state index in [9.17, 15) is 5.11 Å². The molecule has 0 fully saturated rings. The van der Waals surface area contributed by atoms with Gasteiger partial charge in [0.15, 0.2) is 5.65 Å². The zero-order valence-electron chi connectivity index (χ0n) is 18.6. The maximum Gasteiger partial charge on any atom is 0.164 e. The van der Waals surface area contributed by atoms with Gasteiger partial charge in [0, 0.05) is 27.7 Å². The zero-order chi connectivity index (χ0) is 23.3. The van der Waals surface area contributed by atoms with Crippen LogP contribution >= 0.6 is 11.8 Å². The summed E-state index contributed by atoms with van der Waals surface area (Å²) in [7, 11) is 0. The smallest absolute Gasteiger partial charge is 0.164 e. The summed E-state index contributed by atoms with van der Waals surface area (Å²) >= 11 is 1.61. The number of fused-ring (bicyclic) bond motifs is 1. The lowest BCUT2D eigenvalue weighted by Gasteiger charge is -2.15. The molecule has 0 amide bonds. The standard InChI is InChI=1S/C27H23N5OS/c1-18-7-13-23-26(31-18)29-17-30-27(23)32-24-15-20(28-16-19-5-3-2-4-6-19)8-14-25(24)34-22-11-9-21(33)10-12-22/h2-15,17,28,33H,16H2,1H3,(H,29,30,31,32). The van der Waals surface area contributed by atoms with Gasteiger partial charge in [-0.15, -0.1) is 0 Å². The Kier molecular flexibility index (Phi) is 6.27. The van der Waals surface area contributed by atoms with E-state index in [1.807, 2.05) is 49.4 Å². The molecule has 168 valence electrons. The summed E-state index contributed by atoms with van der Waals surface area (Å²) in [5, 5.41) is 17.5. The van der Waals surface area contributed by atoms with E-state index >= 15 is 0 Å². The number of benzene rings is 3. The number of aromatic hydroxyl groups is 1. The first kappa shape index (κ1) is 21.7. The third kappa shape index (κ3) is 5.10. The Morgan fingerprint density at radius 1 is 0.882 bits per heavy atom. The molecular formula is C27H23N5OS. The lowest BCUT2D eigenvalue weighted by Crippen LogP contribution is -2.02. The second-order valence-corrected chi connectivity index (χ2v) is 8.93. The van der Waals surface area contributed by atoms with Crippen LogP contribution in [0.15, 0.2) is 101 Å². The third-order valence-corrected chi connectivity index (χ3v) is 6.36. The number of nitrogens with one attached hydrogen (secondary N) is 2. The Bertz CT molecular complexity index is 1420. The van der Waals surface area contributed by atoms with Crippen molar-refractivity contribution < 1.29 is 5.11 Å². The van der Waals surface area contributed by atoms with Gasteiger partial charge < -0.3 is 15.7 Å². The van der Waals surface area contributed by atoms with Crippen LogP contribution in [0.4, 0.5) is 17.2 Å². The molecule has 0 saturated carbocycles. The fraction of sp³-hybridized carbons (Fsp3) is 0.0741. The average molecular weight is 466 g/mol. The molecule has 2 heterocycles. The normalized spacial score (nSPS) is 10.9. The van der Waals surface area contributed by atoms with Crippen molar-refractivity contribution in [1.82, 2.24) is 15.0 Å². The van der Waals surface area contributed by atoms with Crippen molar-refractivity contribution in [2.24, 2.45) is 0 Å². The van der Waals surface area contributed by atoms with E-state index in [1.54, 1.807) is 23.9 Å². The van der Waals surface area contributed by atoms with E-state index in [-0.39, 0.29) is 5.75 Å². The molecule has 5 aromatic rings. The quantitative estimate of drug-likeness (QED) is 0.251. The molecule has 0 unspecified atom stereocenters. The van der Waals surface area contributed by atoms with Crippen molar-refractivity contribution >= 4 is 40.0 Å². The van der Waals surface area contributed by atoms with E-state index in [2.05, 4.69) is 55.9 Å². The lowest BCUT2D eigenvalue weighted by atomic mass is 10.2. The van der Waals surface area contributed by atoms with Gasteiger partial charge in [-0.1, -0.05) is 42.1 Å². The van der Waals surface area contributed by atoms with Crippen LogP contribution in [0.25, 0.3) is 11.0 Å². The van der Waals surface area contributed by atoms with Crippen LogP contribution in [0.2, 0.25) is 0 Å². The number of nitrogens with zero attached hydrogens (tertiary/aromatic N) is 3. The zero-order valence-corrected chi connectivity index (χ0v) is 19.4. The maximum absolute atomic E-state index is 9.63. The monoisotopic (exact) mass is 465 g/mol. The molecule has 0 aliphatic rings. The van der Waals surface area contributed by atoms with E-state index in [0.29, 0.717) is 11.5 Å². The number of aryl methyl sites for hydroxylation is 1. The molecule has 5 rings (SSSR count). The van der Waals surface area contributed by atoms with E-state index in [1.165, 1.54) is 11.9 Å². The van der Waals surface area contributed by atoms with E-state index in [4.69, 9.17) is 0 Å². The first-order valence-corrected chi connectivity index (χ1v) is 11.7. The highest BCUT2D eigenvalue weighted by Crippen LogP contribution is 2.37. The average Bonchev–Trinajstić information content (AvgIpc) is 2.86. The molecule has 0 bridgehead atoms. The van der Waals surface area contributed by atoms with E-state index in [0.717, 1.165) is 38.8 Å². The van der Waals surface area contributed by atoms with Gasteiger partial charge in [-0.2, -0.15) is 0 Å². The highest BCUT2D eigenvalue weighted by atomic mass is 32.2. The summed E-state index contributed by atoms with van der Waals surface area (Å²) < 4.78 is 0. The van der Waals surface area contributed by atoms with Crippen molar-refractivity contribution in [3.63, 3.8) is 0 Å². The number of hydrogen-bond acceptors (Lipinski definition) is 7. The summed E-state index contributed by atoms with van der Waals surface area (Å²) in [6.07, 6.45) is 1.53. The summed E-state index contributed by atoms with van der Waals surface area (Å²) in [5.41, 5.74) is 4.68. The van der Waals surface area contributed by atoms with Gasteiger partial charge in [-0.25, -0.2) is 15.0 Å². The molecule has 34 heavy (non-hydrogen) atoms. The van der Waals surface area contributed by atoms with Crippen LogP contribution in [-0.4, -0.2) is 20.1 Å². The molecule has 7 heteroatoms. The highest BCUT2D eigenvalue weighted by Gasteiger charge is 2.11. The van der Waals surface area contributed by atoms with Crippen LogP contribution in [0, 0.1) is 6.92 Å². The number of hydrogen-bond donors (Lipinski definition) is 3. The van der Waals surface area contributed by atoms with Gasteiger partial charge >= 0.3 is 0 Å². The van der Waals surface area contributed by atoms with Gasteiger partial charge in [0.1, 0.15) is 17.9 Å². The molecule has 6 nitrogen and oxygen atoms in total. The Hall–Kier alpha value is -4.10. The van der Waals surface area contributed by atoms with Crippen molar-refractivity contribution in [2.45, 2.75) is 23.3 Å². The summed E-state index contributed by atoms with van der Waals surface area (Å²) in [6, 6.07) is 27.7. The van der Waals surface area contributed by atoms with Crippen molar-refractivity contribution in [3.05, 3.63) is 103 Å². The summed E-state index contributed by atoms with van der Waals surface area (Å²) in [5.74, 6) is 0.948. The molecule has 0 spiro atoms. The summed E-state index contributed by atoms with van der Waals surface area (Å²) in [6.45, 7) is 2.67. The lowest BCUT2D eigenvalue weighted by molar-refractivity contribution is 0.475. The van der Waals surface area contributed by atoms with E-state index < -0.39 is 0 Å². The Labute approximate surface area is 202 Å². The Balaban J connectivity index is 1.48. The molecule has 0 radical (unpaired) electrons. The largest absolute Gasteiger partial charge is 0.508 e. The van der Waals surface area contributed by atoms with Crippen molar-refractivity contribution in [3.8, 4) is 5.75 Å². The van der Waals surface area contributed by atoms with Gasteiger partial charge in [0.05, 0.1) is 11.1 Å². The third-order valence-electron chi connectivity index (χ3n) is 5.27. The van der Waals surface area contributed by atoms with Crippen LogP contribution in [0.3, 0.4) is 0 Å². The molecular weight excluding hydrogens is 442 g/mol. The second kappa shape index (κ2) is 9.80. The fourth-order valence-electron chi connectivity index (χ4n) is 3.53. The minimum Gasteiger partial charge on any atom is -0.508 e. The molecule has 3 aromatic carbocycles. The minimum atomic E-state index is 0.249. The highest BCUT2D eigenvalue weighted by molar-refractivity contribution is 7.99. The first-order valence-electron chi connectivity index (χ1n) is 10.9. The van der Waals surface area contributed by atoms with Crippen molar-refractivity contribution in [2.75, 3.05) is 10.6 Å². The number of phenols is 1.